The predicted molar refractivity (Wildman–Crippen MR) is 124 cm³/mol. The number of allylic oxidation sites excluding steroid dienone is 1. The molecule has 3 N–H and O–H groups in total. The Balaban J connectivity index is 1.45. The normalized spacial score (nSPS) is 17.4. The molecule has 0 unspecified atom stereocenters. The molecule has 1 aromatic carbocycles. The number of nitrogens with one attached hydrogen (secondary N) is 1. The molecule has 2 aromatic heterocycles. The van der Waals surface area contributed by atoms with Crippen molar-refractivity contribution in [1.29, 1.82) is 0 Å². The fourth-order valence-corrected chi connectivity index (χ4v) is 5.16. The van der Waals surface area contributed by atoms with Crippen molar-refractivity contribution in [3.63, 3.8) is 0 Å². The van der Waals surface area contributed by atoms with Crippen LogP contribution in [-0.2, 0) is 5.41 Å². The Kier molecular flexibility index (Phi) is 4.88. The van der Waals surface area contributed by atoms with Gasteiger partial charge in [0.1, 0.15) is 11.6 Å². The Morgan fingerprint density at radius 1 is 1.20 bits per heavy atom. The van der Waals surface area contributed by atoms with Crippen molar-refractivity contribution in [3.05, 3.63) is 75.4 Å². The van der Waals surface area contributed by atoms with Gasteiger partial charge in [0, 0.05) is 23.5 Å². The topological polar surface area (TPSA) is 92.8 Å². The zero-order chi connectivity index (χ0) is 20.6. The Bertz CT molecular complexity index is 1230. The third-order valence-electron chi connectivity index (χ3n) is 5.51. The van der Waals surface area contributed by atoms with Crippen molar-refractivity contribution < 1.29 is 4.39 Å². The van der Waals surface area contributed by atoms with Gasteiger partial charge < -0.3 is 5.73 Å². The lowest BCUT2D eigenvalue weighted by atomic mass is 9.64. The van der Waals surface area contributed by atoms with E-state index in [1.165, 1.54) is 12.1 Å². The summed E-state index contributed by atoms with van der Waals surface area (Å²) in [6.07, 6.45) is 6.71. The number of benzene rings is 1. The number of pyridine rings is 1. The summed E-state index contributed by atoms with van der Waals surface area (Å²) in [5.41, 5.74) is 9.11. The van der Waals surface area contributed by atoms with Crippen molar-refractivity contribution in [2.24, 2.45) is 10.7 Å². The molecule has 0 bridgehead atoms. The molecule has 1 aliphatic carbocycles. The lowest BCUT2D eigenvalue weighted by Gasteiger charge is -2.40. The van der Waals surface area contributed by atoms with Gasteiger partial charge in [0.05, 0.1) is 11.1 Å². The second-order valence-electron chi connectivity index (χ2n) is 7.30. The smallest absolute Gasteiger partial charge is 0.181 e. The van der Waals surface area contributed by atoms with Gasteiger partial charge in [-0.25, -0.2) is 14.4 Å². The van der Waals surface area contributed by atoms with Crippen molar-refractivity contribution in [1.82, 2.24) is 20.2 Å². The van der Waals surface area contributed by atoms with Crippen LogP contribution in [0.15, 0.2) is 57.5 Å². The van der Waals surface area contributed by atoms with Crippen LogP contribution in [0.2, 0.25) is 0 Å². The van der Waals surface area contributed by atoms with Crippen LogP contribution >= 0.6 is 20.7 Å². The molecule has 30 heavy (non-hydrogen) atoms. The molecular formula is C22H18FIN6. The van der Waals surface area contributed by atoms with E-state index < -0.39 is 20.7 Å². The Labute approximate surface area is 182 Å². The largest absolute Gasteiger partial charge is 0.377 e. The van der Waals surface area contributed by atoms with E-state index in [9.17, 15) is 4.39 Å². The molecule has 3 heterocycles. The number of halogens is 2. The highest BCUT2D eigenvalue weighted by atomic mass is 127. The van der Waals surface area contributed by atoms with Gasteiger partial charge in [0.2, 0.25) is 0 Å². The number of aliphatic imine (C=N–C) groups is 1. The first kappa shape index (κ1) is 19.0. The lowest BCUT2D eigenvalue weighted by molar-refractivity contribution is 0.285. The number of aromatic amines is 1. The van der Waals surface area contributed by atoms with Crippen LogP contribution in [0.1, 0.15) is 36.3 Å². The van der Waals surface area contributed by atoms with E-state index in [0.717, 1.165) is 41.9 Å². The fraction of sp³-hybridized carbons (Fsp3) is 0.182. The van der Waals surface area contributed by atoms with E-state index in [-0.39, 0.29) is 11.2 Å². The average molecular weight is 512 g/mol. The van der Waals surface area contributed by atoms with Gasteiger partial charge in [-0.3, -0.25) is 10.1 Å². The summed E-state index contributed by atoms with van der Waals surface area (Å²) >= 11 is -0.390. The van der Waals surface area contributed by atoms with Crippen molar-refractivity contribution in [3.8, 4) is 11.4 Å². The molecule has 1 aliphatic heterocycles. The minimum atomic E-state index is -0.390. The third-order valence-corrected chi connectivity index (χ3v) is 7.35. The fourth-order valence-electron chi connectivity index (χ4n) is 3.73. The zero-order valence-electron chi connectivity index (χ0n) is 15.9. The maximum absolute atomic E-state index is 13.6. The molecule has 0 spiro atoms. The standard InChI is InChI=1S/C22H18FIN6/c23-17-4-1-3-14(9-17)20-28-21(30-29-20)22(7-2-8-22)16-5-6-18(26-13-16)15-10-24-11-19(25)27-12-15/h1,3-6,9-10,12-13H,2,7-8,25H2,(H,28,29,30). The number of nitrogens with two attached hydrogens (primary N) is 1. The van der Waals surface area contributed by atoms with Crippen LogP contribution in [0.4, 0.5) is 4.39 Å². The average Bonchev–Trinajstić information content (AvgIpc) is 3.10. The summed E-state index contributed by atoms with van der Waals surface area (Å²) in [6.45, 7) is 0. The Hall–Kier alpha value is -2.97. The first-order valence-electron chi connectivity index (χ1n) is 9.55. The first-order chi connectivity index (χ1) is 14.6. The molecule has 0 atom stereocenters. The number of hydrogen-bond acceptors (Lipinski definition) is 5. The van der Waals surface area contributed by atoms with E-state index in [1.54, 1.807) is 12.3 Å². The van der Waals surface area contributed by atoms with Crippen LogP contribution < -0.4 is 5.73 Å². The molecule has 6 nitrogen and oxygen atoms in total. The van der Waals surface area contributed by atoms with E-state index >= 15 is 0 Å². The molecule has 150 valence electrons. The van der Waals surface area contributed by atoms with Gasteiger partial charge in [0.15, 0.2) is 11.6 Å². The molecule has 5 rings (SSSR count). The number of nitrogens with zero attached hydrogens (tertiary/aromatic N) is 4. The summed E-state index contributed by atoms with van der Waals surface area (Å²) in [4.78, 5) is 13.6. The first-order valence-corrected chi connectivity index (χ1v) is 11.9. The van der Waals surface area contributed by atoms with Gasteiger partial charge >= 0.3 is 0 Å². The highest BCUT2D eigenvalue weighted by molar-refractivity contribution is 14.2. The minimum absolute atomic E-state index is 0.233. The zero-order valence-corrected chi connectivity index (χ0v) is 18.1. The molecule has 0 saturated heterocycles. The molecule has 2 aliphatic rings. The summed E-state index contributed by atoms with van der Waals surface area (Å²) in [7, 11) is 0. The third kappa shape index (κ3) is 3.42. The Morgan fingerprint density at radius 3 is 2.83 bits per heavy atom. The van der Waals surface area contributed by atoms with Crippen LogP contribution in [-0.4, -0.2) is 30.0 Å². The quantitative estimate of drug-likeness (QED) is 0.516. The number of rotatable bonds is 4. The van der Waals surface area contributed by atoms with Crippen LogP contribution in [0.25, 0.3) is 17.0 Å². The molecule has 3 aromatic rings. The summed E-state index contributed by atoms with van der Waals surface area (Å²) in [6, 6.07) is 10.4. The molecular weight excluding hydrogens is 494 g/mol. The predicted octanol–water partition coefficient (Wildman–Crippen LogP) is 4.07. The molecule has 0 amide bonds. The maximum Gasteiger partial charge on any atom is 0.181 e. The summed E-state index contributed by atoms with van der Waals surface area (Å²) in [5, 5.41) is 7.43. The number of hydrogen-bond donors (Lipinski definition) is 2. The molecule has 1 saturated carbocycles. The second-order valence-corrected chi connectivity index (χ2v) is 9.08. The van der Waals surface area contributed by atoms with E-state index in [0.29, 0.717) is 17.2 Å². The van der Waals surface area contributed by atoms with Gasteiger partial charge in [-0.15, -0.1) is 0 Å². The van der Waals surface area contributed by atoms with Gasteiger partial charge in [-0.05, 0) is 65.1 Å². The van der Waals surface area contributed by atoms with Crippen molar-refractivity contribution in [2.45, 2.75) is 24.7 Å². The van der Waals surface area contributed by atoms with Crippen LogP contribution in [0.5, 0.6) is 0 Å². The molecule has 8 heteroatoms. The maximum atomic E-state index is 13.6. The van der Waals surface area contributed by atoms with E-state index in [1.807, 2.05) is 18.3 Å². The number of aromatic nitrogens is 4. The monoisotopic (exact) mass is 512 g/mol. The van der Waals surface area contributed by atoms with Crippen LogP contribution in [0, 0.1) is 5.82 Å². The minimum Gasteiger partial charge on any atom is -0.377 e. The number of H-pyrrole nitrogens is 1. The molecule has 1 fully saturated rings. The molecule has 0 radical (unpaired) electrons. The van der Waals surface area contributed by atoms with Gasteiger partial charge in [0.25, 0.3) is 0 Å². The van der Waals surface area contributed by atoms with Crippen molar-refractivity contribution >= 4 is 36.2 Å². The summed E-state index contributed by atoms with van der Waals surface area (Å²) < 4.78 is 18.8. The Morgan fingerprint density at radius 2 is 2.10 bits per heavy atom. The summed E-state index contributed by atoms with van der Waals surface area (Å²) in [5.74, 6) is 1.45. The van der Waals surface area contributed by atoms with E-state index in [4.69, 9.17) is 10.7 Å². The second kappa shape index (κ2) is 7.70. The van der Waals surface area contributed by atoms with Gasteiger partial charge in [-0.2, -0.15) is 5.10 Å². The van der Waals surface area contributed by atoms with E-state index in [2.05, 4.69) is 34.0 Å². The SMILES string of the molecule is NC1=C=IC=C(c2ccc(C3(c4nc(-c5cccc(F)c5)n[nH]4)CCC3)cn2)C=N1. The lowest BCUT2D eigenvalue weighted by Crippen LogP contribution is -2.36. The van der Waals surface area contributed by atoms with Gasteiger partial charge in [-0.1, -0.05) is 24.6 Å². The van der Waals surface area contributed by atoms with Crippen molar-refractivity contribution in [2.75, 3.05) is 0 Å². The highest BCUT2D eigenvalue weighted by Crippen LogP contribution is 2.47. The van der Waals surface area contributed by atoms with Crippen LogP contribution in [0.3, 0.4) is 0 Å². The highest BCUT2D eigenvalue weighted by Gasteiger charge is 2.43.